The summed E-state index contributed by atoms with van der Waals surface area (Å²) in [7, 11) is -3.65. The zero-order chi connectivity index (χ0) is 21.4. The molecule has 2 atom stereocenters. The molecule has 7 heteroatoms. The highest BCUT2D eigenvalue weighted by Crippen LogP contribution is 2.39. The fraction of sp³-hybridized carbons (Fsp3) is 0.409. The van der Waals surface area contributed by atoms with Gasteiger partial charge >= 0.3 is 0 Å². The molecule has 29 heavy (non-hydrogen) atoms. The van der Waals surface area contributed by atoms with E-state index in [9.17, 15) is 13.2 Å². The number of nitrogens with one attached hydrogen (secondary N) is 1. The van der Waals surface area contributed by atoms with Gasteiger partial charge < -0.3 is 10.1 Å². The molecule has 156 valence electrons. The molecule has 0 radical (unpaired) electrons. The molecule has 0 fully saturated rings. The van der Waals surface area contributed by atoms with Crippen molar-refractivity contribution in [2.75, 3.05) is 10.6 Å². The third-order valence-corrected chi connectivity index (χ3v) is 6.31. The number of hydrogen-bond acceptors (Lipinski definition) is 4. The summed E-state index contributed by atoms with van der Waals surface area (Å²) >= 11 is 0. The van der Waals surface area contributed by atoms with Gasteiger partial charge in [-0.3, -0.25) is 9.10 Å². The molecular weight excluding hydrogens is 388 g/mol. The zero-order valence-corrected chi connectivity index (χ0v) is 18.3. The van der Waals surface area contributed by atoms with Gasteiger partial charge in [-0.15, -0.1) is 0 Å². The third kappa shape index (κ3) is 4.72. The van der Waals surface area contributed by atoms with Crippen LogP contribution in [0, 0.1) is 6.92 Å². The van der Waals surface area contributed by atoms with Crippen LogP contribution in [0.15, 0.2) is 48.5 Å². The Bertz CT molecular complexity index is 1000. The predicted octanol–water partition coefficient (Wildman–Crippen LogP) is 3.57. The van der Waals surface area contributed by atoms with E-state index in [1.165, 1.54) is 0 Å². The summed E-state index contributed by atoms with van der Waals surface area (Å²) in [5.41, 5.74) is 1.94. The van der Waals surface area contributed by atoms with Crippen LogP contribution in [0.5, 0.6) is 5.75 Å². The smallest absolute Gasteiger partial charge is 0.244 e. The molecular formula is C22H28N2O4S. The minimum atomic E-state index is -3.65. The summed E-state index contributed by atoms with van der Waals surface area (Å²) in [6.45, 7) is 7.48. The third-order valence-electron chi connectivity index (χ3n) is 5.07. The van der Waals surface area contributed by atoms with Crippen molar-refractivity contribution >= 4 is 21.6 Å². The first kappa shape index (κ1) is 21.2. The van der Waals surface area contributed by atoms with Gasteiger partial charge in [-0.2, -0.15) is 0 Å². The molecule has 6 nitrogen and oxygen atoms in total. The van der Waals surface area contributed by atoms with E-state index in [0.29, 0.717) is 12.1 Å². The number of carbonyl (C=O) groups is 1. The zero-order valence-electron chi connectivity index (χ0n) is 17.5. The van der Waals surface area contributed by atoms with E-state index in [-0.39, 0.29) is 11.9 Å². The Hall–Kier alpha value is -2.54. The Morgan fingerprint density at radius 3 is 2.41 bits per heavy atom. The maximum atomic E-state index is 13.1. The molecule has 2 aromatic carbocycles. The van der Waals surface area contributed by atoms with Crippen molar-refractivity contribution in [3.05, 3.63) is 59.7 Å². The number of aryl methyl sites for hydroxylation is 1. The standard InChI is InChI=1S/C22H28N2O4S/c1-15-10-12-17(13-11-15)24(29(5,26)27)16(2)21(25)23-19-14-22(3,4)28-20-9-7-6-8-18(19)20/h6-13,16,19H,14H2,1-5H3,(H,23,25)/t16-,19-/m0/s1. The highest BCUT2D eigenvalue weighted by atomic mass is 32.2. The van der Waals surface area contributed by atoms with Gasteiger partial charge in [0, 0.05) is 12.0 Å². The molecule has 3 rings (SSSR count). The van der Waals surface area contributed by atoms with E-state index in [1.54, 1.807) is 19.1 Å². The van der Waals surface area contributed by atoms with E-state index in [0.717, 1.165) is 27.4 Å². The van der Waals surface area contributed by atoms with E-state index in [1.807, 2.05) is 57.2 Å². The Morgan fingerprint density at radius 1 is 1.17 bits per heavy atom. The first-order valence-electron chi connectivity index (χ1n) is 9.62. The summed E-state index contributed by atoms with van der Waals surface area (Å²) in [6, 6.07) is 13.5. The molecule has 1 aliphatic heterocycles. The second-order valence-corrected chi connectivity index (χ2v) is 10.1. The Morgan fingerprint density at radius 2 is 1.79 bits per heavy atom. The molecule has 1 N–H and O–H groups in total. The van der Waals surface area contributed by atoms with Crippen molar-refractivity contribution in [2.45, 2.75) is 51.8 Å². The van der Waals surface area contributed by atoms with Crippen molar-refractivity contribution in [1.29, 1.82) is 0 Å². The Balaban J connectivity index is 1.88. The number of carbonyl (C=O) groups excluding carboxylic acids is 1. The number of hydrogen-bond donors (Lipinski definition) is 1. The number of rotatable bonds is 5. The highest BCUT2D eigenvalue weighted by Gasteiger charge is 2.36. The van der Waals surface area contributed by atoms with Gasteiger partial charge in [-0.25, -0.2) is 8.42 Å². The molecule has 0 spiro atoms. The van der Waals surface area contributed by atoms with Gasteiger partial charge in [0.15, 0.2) is 0 Å². The Kier molecular flexibility index (Phi) is 5.63. The molecule has 0 unspecified atom stereocenters. The second kappa shape index (κ2) is 7.71. The van der Waals surface area contributed by atoms with Gasteiger partial charge in [0.1, 0.15) is 17.4 Å². The molecule has 1 amide bonds. The van der Waals surface area contributed by atoms with Crippen LogP contribution in [0.25, 0.3) is 0 Å². The fourth-order valence-electron chi connectivity index (χ4n) is 3.72. The van der Waals surface area contributed by atoms with E-state index >= 15 is 0 Å². The van der Waals surface area contributed by atoms with Gasteiger partial charge in [0.2, 0.25) is 15.9 Å². The van der Waals surface area contributed by atoms with Crippen molar-refractivity contribution in [3.8, 4) is 5.75 Å². The lowest BCUT2D eigenvalue weighted by molar-refractivity contribution is -0.123. The van der Waals surface area contributed by atoms with Gasteiger partial charge in [-0.05, 0) is 45.9 Å². The average molecular weight is 417 g/mol. The van der Waals surface area contributed by atoms with Crippen LogP contribution < -0.4 is 14.4 Å². The van der Waals surface area contributed by atoms with Gasteiger partial charge in [0.05, 0.1) is 18.0 Å². The summed E-state index contributed by atoms with van der Waals surface area (Å²) in [5.74, 6) is 0.383. The number of nitrogens with zero attached hydrogens (tertiary/aromatic N) is 1. The van der Waals surface area contributed by atoms with Crippen molar-refractivity contribution < 1.29 is 17.9 Å². The van der Waals surface area contributed by atoms with E-state index in [2.05, 4.69) is 5.32 Å². The van der Waals surface area contributed by atoms with Crippen LogP contribution in [-0.2, 0) is 14.8 Å². The quantitative estimate of drug-likeness (QED) is 0.809. The number of fused-ring (bicyclic) bond motifs is 1. The summed E-state index contributed by atoms with van der Waals surface area (Å²) in [5, 5.41) is 3.04. The van der Waals surface area contributed by atoms with Gasteiger partial charge in [-0.1, -0.05) is 35.9 Å². The van der Waals surface area contributed by atoms with Crippen LogP contribution in [-0.4, -0.2) is 32.2 Å². The molecule has 1 heterocycles. The molecule has 0 saturated heterocycles. The monoisotopic (exact) mass is 416 g/mol. The number of anilines is 1. The summed E-state index contributed by atoms with van der Waals surface area (Å²) < 4.78 is 32.1. The van der Waals surface area contributed by atoms with E-state index in [4.69, 9.17) is 4.74 Å². The molecule has 0 bridgehead atoms. The minimum Gasteiger partial charge on any atom is -0.487 e. The maximum Gasteiger partial charge on any atom is 0.244 e. The molecule has 1 aliphatic rings. The van der Waals surface area contributed by atoms with Crippen LogP contribution in [0.2, 0.25) is 0 Å². The first-order chi connectivity index (χ1) is 13.5. The average Bonchev–Trinajstić information content (AvgIpc) is 2.61. The molecule has 0 saturated carbocycles. The Labute approximate surface area is 172 Å². The number of para-hydroxylation sites is 1. The lowest BCUT2D eigenvalue weighted by Crippen LogP contribution is -2.50. The normalized spacial score (nSPS) is 18.9. The minimum absolute atomic E-state index is 0.260. The van der Waals surface area contributed by atoms with E-state index < -0.39 is 21.7 Å². The summed E-state index contributed by atoms with van der Waals surface area (Å²) in [4.78, 5) is 13.1. The van der Waals surface area contributed by atoms with Crippen LogP contribution >= 0.6 is 0 Å². The highest BCUT2D eigenvalue weighted by molar-refractivity contribution is 7.92. The lowest BCUT2D eigenvalue weighted by Gasteiger charge is -2.38. The number of sulfonamides is 1. The molecule has 0 aromatic heterocycles. The largest absolute Gasteiger partial charge is 0.487 e. The SMILES string of the molecule is Cc1ccc(N([C@@H](C)C(=O)N[C@H]2CC(C)(C)Oc3ccccc32)S(C)(=O)=O)cc1. The van der Waals surface area contributed by atoms with Gasteiger partial charge in [0.25, 0.3) is 0 Å². The number of benzene rings is 2. The molecule has 2 aromatic rings. The van der Waals surface area contributed by atoms with Crippen molar-refractivity contribution in [2.24, 2.45) is 0 Å². The second-order valence-electron chi connectivity index (χ2n) is 8.24. The predicted molar refractivity (Wildman–Crippen MR) is 115 cm³/mol. The van der Waals surface area contributed by atoms with Crippen LogP contribution in [0.4, 0.5) is 5.69 Å². The van der Waals surface area contributed by atoms with Crippen LogP contribution in [0.1, 0.15) is 44.4 Å². The number of ether oxygens (including phenoxy) is 1. The maximum absolute atomic E-state index is 13.1. The summed E-state index contributed by atoms with van der Waals surface area (Å²) in [6.07, 6.45) is 1.70. The fourth-order valence-corrected chi connectivity index (χ4v) is 4.90. The first-order valence-corrected chi connectivity index (χ1v) is 11.5. The van der Waals surface area contributed by atoms with Crippen molar-refractivity contribution in [3.63, 3.8) is 0 Å². The van der Waals surface area contributed by atoms with Crippen LogP contribution in [0.3, 0.4) is 0 Å². The van der Waals surface area contributed by atoms with Crippen molar-refractivity contribution in [1.82, 2.24) is 5.32 Å². The topological polar surface area (TPSA) is 75.7 Å². The molecule has 0 aliphatic carbocycles. The lowest BCUT2D eigenvalue weighted by atomic mass is 9.89. The number of amides is 1.